The van der Waals surface area contributed by atoms with Gasteiger partial charge in [-0.2, -0.15) is 8.78 Å². The van der Waals surface area contributed by atoms with Crippen LogP contribution in [-0.2, 0) is 11.2 Å². The van der Waals surface area contributed by atoms with Crippen LogP contribution in [0.3, 0.4) is 0 Å². The number of aromatic nitrogens is 2. The predicted octanol–water partition coefficient (Wildman–Crippen LogP) is 3.75. The number of carbonyl (C=O) groups is 1. The fourth-order valence-corrected chi connectivity index (χ4v) is 2.54. The number of hydrogen-bond acceptors (Lipinski definition) is 6. The van der Waals surface area contributed by atoms with Gasteiger partial charge >= 0.3 is 6.61 Å². The number of amides is 1. The summed E-state index contributed by atoms with van der Waals surface area (Å²) in [6, 6.07) is 4.43. The van der Waals surface area contributed by atoms with Crippen LogP contribution in [0.2, 0.25) is 0 Å². The third kappa shape index (κ3) is 5.79. The summed E-state index contributed by atoms with van der Waals surface area (Å²) in [5.74, 6) is -0.244. The lowest BCUT2D eigenvalue weighted by Gasteiger charge is -2.11. The average Bonchev–Trinajstić information content (AvgIpc) is 3.02. The van der Waals surface area contributed by atoms with Crippen molar-refractivity contribution in [3.8, 4) is 11.5 Å². The Morgan fingerprint density at radius 3 is 2.76 bits per heavy atom. The monoisotopic (exact) mass is 369 g/mol. The van der Waals surface area contributed by atoms with Gasteiger partial charge in [-0.1, -0.05) is 24.3 Å². The summed E-state index contributed by atoms with van der Waals surface area (Å²) in [6.45, 7) is 1.04. The lowest BCUT2D eigenvalue weighted by Crippen LogP contribution is -2.07. The van der Waals surface area contributed by atoms with Crippen molar-refractivity contribution in [3.05, 3.63) is 34.8 Å². The topological polar surface area (TPSA) is 73.3 Å². The molecule has 0 spiro atoms. The Labute approximate surface area is 147 Å². The third-order valence-electron chi connectivity index (χ3n) is 2.91. The number of halogens is 2. The molecule has 25 heavy (non-hydrogen) atoms. The van der Waals surface area contributed by atoms with E-state index in [1.807, 2.05) is 6.92 Å². The van der Waals surface area contributed by atoms with Crippen molar-refractivity contribution in [2.75, 3.05) is 11.9 Å². The molecule has 2 aromatic rings. The van der Waals surface area contributed by atoms with E-state index in [1.165, 1.54) is 35.6 Å². The summed E-state index contributed by atoms with van der Waals surface area (Å²) in [5, 5.41) is 11.6. The van der Waals surface area contributed by atoms with Crippen LogP contribution < -0.4 is 14.8 Å². The first-order valence-corrected chi connectivity index (χ1v) is 8.36. The van der Waals surface area contributed by atoms with E-state index in [-0.39, 0.29) is 17.4 Å². The van der Waals surface area contributed by atoms with Crippen LogP contribution in [0.15, 0.2) is 24.3 Å². The fraction of sp³-hybridized carbons (Fsp3) is 0.312. The van der Waals surface area contributed by atoms with Gasteiger partial charge in [0.25, 0.3) is 0 Å². The highest BCUT2D eigenvalue weighted by molar-refractivity contribution is 7.15. The highest BCUT2D eigenvalue weighted by atomic mass is 32.1. The van der Waals surface area contributed by atoms with Crippen LogP contribution >= 0.6 is 11.3 Å². The molecule has 1 aromatic carbocycles. The van der Waals surface area contributed by atoms with Crippen molar-refractivity contribution in [2.24, 2.45) is 0 Å². The zero-order chi connectivity index (χ0) is 18.2. The minimum absolute atomic E-state index is 0.0561. The van der Waals surface area contributed by atoms with Crippen molar-refractivity contribution in [3.63, 3.8) is 0 Å². The molecule has 1 aromatic heterocycles. The average molecular weight is 369 g/mol. The summed E-state index contributed by atoms with van der Waals surface area (Å²) < 4.78 is 34.4. The summed E-state index contributed by atoms with van der Waals surface area (Å²) >= 11 is 1.30. The Morgan fingerprint density at radius 2 is 2.12 bits per heavy atom. The van der Waals surface area contributed by atoms with Gasteiger partial charge in [-0.05, 0) is 37.1 Å². The van der Waals surface area contributed by atoms with Crippen molar-refractivity contribution in [1.29, 1.82) is 0 Å². The van der Waals surface area contributed by atoms with Gasteiger partial charge in [0, 0.05) is 6.08 Å². The van der Waals surface area contributed by atoms with Crippen molar-refractivity contribution in [1.82, 2.24) is 10.2 Å². The van der Waals surface area contributed by atoms with Crippen molar-refractivity contribution < 1.29 is 23.0 Å². The Balaban J connectivity index is 2.06. The van der Waals surface area contributed by atoms with E-state index in [2.05, 4.69) is 20.3 Å². The number of ether oxygens (including phenoxy) is 2. The van der Waals surface area contributed by atoms with Crippen LogP contribution in [0.25, 0.3) is 6.08 Å². The summed E-state index contributed by atoms with van der Waals surface area (Å²) in [7, 11) is 0. The first kappa shape index (κ1) is 18.8. The van der Waals surface area contributed by atoms with Crippen LogP contribution in [0, 0.1) is 0 Å². The van der Waals surface area contributed by atoms with Gasteiger partial charge in [-0.25, -0.2) is 0 Å². The molecule has 0 unspecified atom stereocenters. The maximum Gasteiger partial charge on any atom is 0.387 e. The van der Waals surface area contributed by atoms with Crippen LogP contribution in [-0.4, -0.2) is 29.3 Å². The van der Waals surface area contributed by atoms with Gasteiger partial charge in [0.05, 0.1) is 6.61 Å². The quantitative estimate of drug-likeness (QED) is 0.718. The highest BCUT2D eigenvalue weighted by Gasteiger charge is 2.11. The summed E-state index contributed by atoms with van der Waals surface area (Å²) in [4.78, 5) is 11.9. The number of hydrogen-bond donors (Lipinski definition) is 1. The molecule has 134 valence electrons. The Hall–Kier alpha value is -2.55. The molecular weight excluding hydrogens is 352 g/mol. The maximum atomic E-state index is 12.4. The molecule has 0 aliphatic heterocycles. The van der Waals surface area contributed by atoms with Gasteiger partial charge in [0.15, 0.2) is 11.5 Å². The molecule has 0 saturated heterocycles. The number of carbonyl (C=O) groups excluding carboxylic acids is 1. The standard InChI is InChI=1S/C16H17F2N3O3S/c1-3-14-20-21-16(25-14)19-13(22)8-6-10-5-7-11(24-15(17)18)12(9-10)23-4-2/h5-9,15H,3-4H2,1-2H3,(H,19,21,22). The molecule has 2 rings (SSSR count). The number of anilines is 1. The second kappa shape index (κ2) is 9.07. The third-order valence-corrected chi connectivity index (χ3v) is 3.89. The number of nitrogens with one attached hydrogen (secondary N) is 1. The van der Waals surface area contributed by atoms with E-state index in [0.717, 1.165) is 11.4 Å². The number of rotatable bonds is 8. The van der Waals surface area contributed by atoms with Gasteiger partial charge in [-0.15, -0.1) is 10.2 Å². The van der Waals surface area contributed by atoms with Gasteiger partial charge in [0.1, 0.15) is 5.01 Å². The van der Waals surface area contributed by atoms with Gasteiger partial charge < -0.3 is 9.47 Å². The molecule has 0 saturated carbocycles. The van der Waals surface area contributed by atoms with E-state index < -0.39 is 6.61 Å². The molecule has 1 heterocycles. The SMILES string of the molecule is CCOc1cc(C=CC(=O)Nc2nnc(CC)s2)ccc1OC(F)F. The molecule has 0 aliphatic rings. The van der Waals surface area contributed by atoms with E-state index in [4.69, 9.17) is 4.74 Å². The van der Waals surface area contributed by atoms with Gasteiger partial charge in [-0.3, -0.25) is 10.1 Å². The number of nitrogens with zero attached hydrogens (tertiary/aromatic N) is 2. The first-order chi connectivity index (χ1) is 12.0. The first-order valence-electron chi connectivity index (χ1n) is 7.55. The predicted molar refractivity (Wildman–Crippen MR) is 91.2 cm³/mol. The van der Waals surface area contributed by atoms with Crippen LogP contribution in [0.1, 0.15) is 24.4 Å². The lowest BCUT2D eigenvalue weighted by atomic mass is 10.2. The molecule has 0 bridgehead atoms. The van der Waals surface area contributed by atoms with E-state index in [0.29, 0.717) is 17.3 Å². The van der Waals surface area contributed by atoms with E-state index >= 15 is 0 Å². The normalized spacial score (nSPS) is 11.1. The van der Waals surface area contributed by atoms with E-state index in [9.17, 15) is 13.6 Å². The van der Waals surface area contributed by atoms with E-state index in [1.54, 1.807) is 13.0 Å². The largest absolute Gasteiger partial charge is 0.490 e. The van der Waals surface area contributed by atoms with Crippen molar-refractivity contribution >= 4 is 28.5 Å². The lowest BCUT2D eigenvalue weighted by molar-refractivity contribution is -0.111. The number of aryl methyl sites for hydroxylation is 1. The number of alkyl halides is 2. The minimum Gasteiger partial charge on any atom is -0.490 e. The highest BCUT2D eigenvalue weighted by Crippen LogP contribution is 2.30. The smallest absolute Gasteiger partial charge is 0.387 e. The Kier molecular flexibility index (Phi) is 6.81. The molecule has 1 amide bonds. The minimum atomic E-state index is -2.94. The van der Waals surface area contributed by atoms with Crippen molar-refractivity contribution in [2.45, 2.75) is 26.9 Å². The maximum absolute atomic E-state index is 12.4. The molecule has 0 radical (unpaired) electrons. The second-order valence-electron chi connectivity index (χ2n) is 4.69. The van der Waals surface area contributed by atoms with Crippen LogP contribution in [0.4, 0.5) is 13.9 Å². The fourth-order valence-electron chi connectivity index (χ4n) is 1.86. The molecule has 9 heteroatoms. The molecule has 0 aliphatic carbocycles. The molecule has 1 N–H and O–H groups in total. The molecular formula is C16H17F2N3O3S. The zero-order valence-corrected chi connectivity index (χ0v) is 14.5. The molecule has 0 fully saturated rings. The Bertz CT molecular complexity index is 750. The Morgan fingerprint density at radius 1 is 1.32 bits per heavy atom. The summed E-state index contributed by atoms with van der Waals surface area (Å²) in [5.41, 5.74) is 0.603. The van der Waals surface area contributed by atoms with Gasteiger partial charge in [0.2, 0.25) is 11.0 Å². The number of benzene rings is 1. The molecule has 6 nitrogen and oxygen atoms in total. The molecule has 0 atom stereocenters. The zero-order valence-electron chi connectivity index (χ0n) is 13.7. The second-order valence-corrected chi connectivity index (χ2v) is 5.76. The van der Waals surface area contributed by atoms with Crippen LogP contribution in [0.5, 0.6) is 11.5 Å². The summed E-state index contributed by atoms with van der Waals surface area (Å²) in [6.07, 6.45) is 3.59.